The van der Waals surface area contributed by atoms with Crippen LogP contribution >= 0.6 is 23.1 Å². The third kappa shape index (κ3) is 6.08. The van der Waals surface area contributed by atoms with Crippen LogP contribution in [0.4, 0.5) is 10.8 Å². The predicted molar refractivity (Wildman–Crippen MR) is 114 cm³/mol. The molecule has 2 aromatic rings. The summed E-state index contributed by atoms with van der Waals surface area (Å²) in [5, 5.41) is 11.0. The number of sulfonamides is 1. The van der Waals surface area contributed by atoms with E-state index in [1.54, 1.807) is 36.0 Å². The number of nitrogens with one attached hydrogen (secondary N) is 1. The average molecular weight is 445 g/mol. The second-order valence-electron chi connectivity index (χ2n) is 5.87. The zero-order valence-electron chi connectivity index (χ0n) is 16.2. The molecule has 2 rings (SSSR count). The number of anilines is 2. The lowest BCUT2D eigenvalue weighted by atomic mass is 10.2. The molecule has 11 heteroatoms. The molecular weight excluding hydrogens is 420 g/mol. The quantitative estimate of drug-likeness (QED) is 0.443. The van der Waals surface area contributed by atoms with Gasteiger partial charge in [-0.3, -0.25) is 14.4 Å². The van der Waals surface area contributed by atoms with Gasteiger partial charge in [-0.15, -0.1) is 10.2 Å². The molecule has 0 saturated carbocycles. The molecular formula is C17H24N4O4S3. The zero-order chi connectivity index (χ0) is 20.7. The van der Waals surface area contributed by atoms with Crippen LogP contribution in [0.3, 0.4) is 0 Å². The lowest BCUT2D eigenvalue weighted by Crippen LogP contribution is -2.45. The molecule has 1 heterocycles. The van der Waals surface area contributed by atoms with Crippen LogP contribution in [-0.2, 0) is 14.8 Å². The van der Waals surface area contributed by atoms with Crippen molar-refractivity contribution in [3.63, 3.8) is 0 Å². The van der Waals surface area contributed by atoms with Gasteiger partial charge in [0.15, 0.2) is 4.34 Å². The third-order valence-corrected chi connectivity index (χ3v) is 6.98. The van der Waals surface area contributed by atoms with Gasteiger partial charge in [0.05, 0.1) is 18.6 Å². The van der Waals surface area contributed by atoms with E-state index in [2.05, 4.69) is 22.4 Å². The molecule has 28 heavy (non-hydrogen) atoms. The number of carbonyl (C=O) groups excluding carboxylic acids is 1. The van der Waals surface area contributed by atoms with Gasteiger partial charge in [-0.1, -0.05) is 30.0 Å². The van der Waals surface area contributed by atoms with E-state index in [4.69, 9.17) is 4.74 Å². The van der Waals surface area contributed by atoms with Crippen molar-refractivity contribution in [1.29, 1.82) is 0 Å². The van der Waals surface area contributed by atoms with Gasteiger partial charge in [-0.25, -0.2) is 8.42 Å². The van der Waals surface area contributed by atoms with Crippen molar-refractivity contribution in [3.8, 4) is 5.75 Å². The Morgan fingerprint density at radius 1 is 1.29 bits per heavy atom. The van der Waals surface area contributed by atoms with Crippen molar-refractivity contribution in [2.75, 3.05) is 28.2 Å². The molecule has 1 aromatic carbocycles. The minimum atomic E-state index is -3.69. The Bertz CT molecular complexity index is 884. The predicted octanol–water partition coefficient (Wildman–Crippen LogP) is 3.23. The van der Waals surface area contributed by atoms with Crippen molar-refractivity contribution < 1.29 is 17.9 Å². The Morgan fingerprint density at radius 3 is 2.54 bits per heavy atom. The van der Waals surface area contributed by atoms with E-state index in [-0.39, 0.29) is 0 Å². The molecule has 1 amide bonds. The first kappa shape index (κ1) is 22.4. The highest BCUT2D eigenvalue weighted by Gasteiger charge is 2.29. The van der Waals surface area contributed by atoms with Crippen molar-refractivity contribution >= 4 is 49.8 Å². The number of benzene rings is 1. The standard InChI is InChI=1S/C17H24N4O4S3/c1-5-11-26-17-20-19-16(27-17)18-15(22)12(3)21(28(4,23)24)13-7-9-14(10-8-13)25-6-2/h7-10,12H,5-6,11H2,1-4H3,(H,18,19,22)/t12-/m0/s1. The molecule has 0 aliphatic heterocycles. The highest BCUT2D eigenvalue weighted by Crippen LogP contribution is 2.27. The first-order valence-electron chi connectivity index (χ1n) is 8.75. The van der Waals surface area contributed by atoms with Gasteiger partial charge in [-0.05, 0) is 44.5 Å². The summed E-state index contributed by atoms with van der Waals surface area (Å²) >= 11 is 2.83. The van der Waals surface area contributed by atoms with Crippen molar-refractivity contribution in [2.24, 2.45) is 0 Å². The number of ether oxygens (including phenoxy) is 1. The molecule has 1 N–H and O–H groups in total. The van der Waals surface area contributed by atoms with E-state index in [1.165, 1.54) is 18.3 Å². The van der Waals surface area contributed by atoms with Gasteiger partial charge in [-0.2, -0.15) is 0 Å². The summed E-state index contributed by atoms with van der Waals surface area (Å²) in [4.78, 5) is 12.7. The summed E-state index contributed by atoms with van der Waals surface area (Å²) in [6.07, 6.45) is 2.08. The Kier molecular flexibility index (Phi) is 8.08. The second kappa shape index (κ2) is 10.1. The molecule has 0 radical (unpaired) electrons. The van der Waals surface area contributed by atoms with Gasteiger partial charge >= 0.3 is 0 Å². The highest BCUT2D eigenvalue weighted by atomic mass is 32.2. The number of aromatic nitrogens is 2. The van der Waals surface area contributed by atoms with Crippen LogP contribution in [0.15, 0.2) is 28.6 Å². The normalized spacial score (nSPS) is 12.4. The molecule has 0 unspecified atom stereocenters. The smallest absolute Gasteiger partial charge is 0.249 e. The summed E-state index contributed by atoms with van der Waals surface area (Å²) < 4.78 is 31.9. The third-order valence-electron chi connectivity index (χ3n) is 3.56. The Labute approximate surface area is 173 Å². The molecule has 1 aromatic heterocycles. The van der Waals surface area contributed by atoms with Crippen LogP contribution in [0, 0.1) is 0 Å². The Hall–Kier alpha value is -1.85. The van der Waals surface area contributed by atoms with E-state index < -0.39 is 22.0 Å². The fraction of sp³-hybridized carbons (Fsp3) is 0.471. The van der Waals surface area contributed by atoms with Crippen molar-refractivity contribution in [1.82, 2.24) is 10.2 Å². The van der Waals surface area contributed by atoms with Gasteiger partial charge in [0.2, 0.25) is 21.1 Å². The molecule has 0 bridgehead atoms. The molecule has 0 spiro atoms. The van der Waals surface area contributed by atoms with Gasteiger partial charge < -0.3 is 4.74 Å². The number of rotatable bonds is 10. The van der Waals surface area contributed by atoms with E-state index in [1.807, 2.05) is 6.92 Å². The first-order chi connectivity index (χ1) is 13.3. The van der Waals surface area contributed by atoms with Gasteiger partial charge in [0.1, 0.15) is 11.8 Å². The Morgan fingerprint density at radius 2 is 1.96 bits per heavy atom. The maximum Gasteiger partial charge on any atom is 0.249 e. The van der Waals surface area contributed by atoms with Crippen LogP contribution in [0.25, 0.3) is 0 Å². The minimum absolute atomic E-state index is 0.343. The fourth-order valence-electron chi connectivity index (χ4n) is 2.38. The monoisotopic (exact) mass is 444 g/mol. The molecule has 0 aliphatic rings. The van der Waals surface area contributed by atoms with E-state index in [9.17, 15) is 13.2 Å². The molecule has 0 aliphatic carbocycles. The summed E-state index contributed by atoms with van der Waals surface area (Å²) in [6, 6.07) is 5.59. The molecule has 1 atom stereocenters. The molecule has 0 saturated heterocycles. The highest BCUT2D eigenvalue weighted by molar-refractivity contribution is 8.01. The lowest BCUT2D eigenvalue weighted by Gasteiger charge is -2.28. The van der Waals surface area contributed by atoms with Crippen LogP contribution in [0.1, 0.15) is 27.2 Å². The summed E-state index contributed by atoms with van der Waals surface area (Å²) in [7, 11) is -3.69. The SMILES string of the molecule is CCCSc1nnc(NC(=O)[C@H](C)N(c2ccc(OCC)cc2)S(C)(=O)=O)s1. The van der Waals surface area contributed by atoms with Gasteiger partial charge in [0, 0.05) is 5.75 Å². The zero-order valence-corrected chi connectivity index (χ0v) is 18.7. The van der Waals surface area contributed by atoms with Crippen LogP contribution in [-0.4, -0.2) is 49.2 Å². The fourth-order valence-corrected chi connectivity index (χ4v) is 5.24. The summed E-state index contributed by atoms with van der Waals surface area (Å²) in [5.74, 6) is 1.06. The molecule has 8 nitrogen and oxygen atoms in total. The maximum atomic E-state index is 12.7. The van der Waals surface area contributed by atoms with E-state index in [0.29, 0.717) is 23.2 Å². The van der Waals surface area contributed by atoms with Crippen LogP contribution < -0.4 is 14.4 Å². The molecule has 0 fully saturated rings. The Balaban J connectivity index is 2.17. The summed E-state index contributed by atoms with van der Waals surface area (Å²) in [5.41, 5.74) is 0.380. The number of thioether (sulfide) groups is 1. The van der Waals surface area contributed by atoms with E-state index in [0.717, 1.165) is 27.1 Å². The van der Waals surface area contributed by atoms with Crippen molar-refractivity contribution in [2.45, 2.75) is 37.6 Å². The minimum Gasteiger partial charge on any atom is -0.494 e. The summed E-state index contributed by atoms with van der Waals surface area (Å²) in [6.45, 7) is 5.97. The number of nitrogens with zero attached hydrogens (tertiary/aromatic N) is 3. The number of hydrogen-bond donors (Lipinski definition) is 1. The second-order valence-corrected chi connectivity index (χ2v) is 10.1. The van der Waals surface area contributed by atoms with Crippen LogP contribution in [0.5, 0.6) is 5.75 Å². The first-order valence-corrected chi connectivity index (χ1v) is 12.4. The van der Waals surface area contributed by atoms with Crippen LogP contribution in [0.2, 0.25) is 0 Å². The average Bonchev–Trinajstić information content (AvgIpc) is 3.08. The van der Waals surface area contributed by atoms with Gasteiger partial charge in [0.25, 0.3) is 0 Å². The maximum absolute atomic E-state index is 12.7. The van der Waals surface area contributed by atoms with Crippen molar-refractivity contribution in [3.05, 3.63) is 24.3 Å². The number of amides is 1. The number of hydrogen-bond acceptors (Lipinski definition) is 8. The topological polar surface area (TPSA) is 101 Å². The number of carbonyl (C=O) groups is 1. The lowest BCUT2D eigenvalue weighted by molar-refractivity contribution is -0.116. The van der Waals surface area contributed by atoms with E-state index >= 15 is 0 Å². The largest absolute Gasteiger partial charge is 0.494 e. The molecule has 154 valence electrons.